The van der Waals surface area contributed by atoms with E-state index in [2.05, 4.69) is 13.0 Å². The number of Topliss-reactive ketones (excluding diaryl/α,β-unsaturated/α-hetero) is 1. The molecule has 0 spiro atoms. The molecule has 0 unspecified atom stereocenters. The van der Waals surface area contributed by atoms with Gasteiger partial charge in [0, 0.05) is 18.8 Å². The molecule has 4 nitrogen and oxygen atoms in total. The molecule has 0 amide bonds. The number of nitrogens with zero attached hydrogens (tertiary/aromatic N) is 1. The minimum Gasteiger partial charge on any atom is -0.462 e. The van der Waals surface area contributed by atoms with E-state index in [9.17, 15) is 14.9 Å². The van der Waals surface area contributed by atoms with E-state index in [0.29, 0.717) is 36.0 Å². The zero-order valence-corrected chi connectivity index (χ0v) is 15.4. The predicted octanol–water partition coefficient (Wildman–Crippen LogP) is 3.89. The van der Waals surface area contributed by atoms with Crippen molar-refractivity contribution in [1.29, 1.82) is 5.26 Å². The molecule has 4 aliphatic rings. The van der Waals surface area contributed by atoms with E-state index < -0.39 is 0 Å². The van der Waals surface area contributed by atoms with Gasteiger partial charge in [0.2, 0.25) is 0 Å². The van der Waals surface area contributed by atoms with Gasteiger partial charge in [-0.25, -0.2) is 0 Å². The van der Waals surface area contributed by atoms with Crippen molar-refractivity contribution >= 4 is 11.8 Å². The summed E-state index contributed by atoms with van der Waals surface area (Å²) in [5.74, 6) is 2.70. The molecule has 25 heavy (non-hydrogen) atoms. The van der Waals surface area contributed by atoms with Gasteiger partial charge in [0.25, 0.3) is 0 Å². The van der Waals surface area contributed by atoms with Crippen molar-refractivity contribution in [2.45, 2.75) is 71.3 Å². The standard InChI is InChI=1S/C21H29NO3/c1-12(23)25-20-6-5-18-16-4-3-13-10-19(24)14(11-22)9-17(13)15(16)7-8-21(18,20)2/h13-18,20H,3-10H2,1-2H3/t13-,14-,15-,16+,17-,18-,20-,21-/m0/s1. The fourth-order valence-corrected chi connectivity index (χ4v) is 7.13. The lowest BCUT2D eigenvalue weighted by Gasteiger charge is -2.55. The average molecular weight is 343 g/mol. The molecule has 0 aliphatic heterocycles. The lowest BCUT2D eigenvalue weighted by Crippen LogP contribution is -2.51. The number of fused-ring (bicyclic) bond motifs is 5. The molecule has 4 saturated carbocycles. The Hall–Kier alpha value is -1.37. The van der Waals surface area contributed by atoms with Crippen molar-refractivity contribution in [2.24, 2.45) is 40.9 Å². The second-order valence-corrected chi connectivity index (χ2v) is 9.24. The molecule has 0 saturated heterocycles. The number of carbonyl (C=O) groups is 2. The summed E-state index contributed by atoms with van der Waals surface area (Å²) in [4.78, 5) is 23.7. The molecule has 4 heteroatoms. The van der Waals surface area contributed by atoms with Crippen molar-refractivity contribution in [3.63, 3.8) is 0 Å². The van der Waals surface area contributed by atoms with Crippen LogP contribution in [-0.2, 0) is 14.3 Å². The van der Waals surface area contributed by atoms with Crippen LogP contribution in [-0.4, -0.2) is 17.9 Å². The van der Waals surface area contributed by atoms with Crippen LogP contribution < -0.4 is 0 Å². The van der Waals surface area contributed by atoms with Gasteiger partial charge >= 0.3 is 5.97 Å². The third kappa shape index (κ3) is 2.62. The van der Waals surface area contributed by atoms with Crippen LogP contribution in [0.25, 0.3) is 0 Å². The molecule has 4 rings (SSSR count). The van der Waals surface area contributed by atoms with E-state index in [1.54, 1.807) is 0 Å². The first kappa shape index (κ1) is 17.1. The smallest absolute Gasteiger partial charge is 0.302 e. The van der Waals surface area contributed by atoms with E-state index >= 15 is 0 Å². The Bertz CT molecular complexity index is 623. The minimum atomic E-state index is -0.370. The molecular formula is C21H29NO3. The average Bonchev–Trinajstić information content (AvgIpc) is 2.90. The van der Waals surface area contributed by atoms with Crippen LogP contribution in [0.4, 0.5) is 0 Å². The highest BCUT2D eigenvalue weighted by atomic mass is 16.5. The second-order valence-electron chi connectivity index (χ2n) is 9.24. The normalized spacial score (nSPS) is 48.7. The van der Waals surface area contributed by atoms with E-state index in [0.717, 1.165) is 32.1 Å². The minimum absolute atomic E-state index is 0.0773. The zero-order chi connectivity index (χ0) is 17.8. The summed E-state index contributed by atoms with van der Waals surface area (Å²) in [6.45, 7) is 3.86. The van der Waals surface area contributed by atoms with Crippen molar-refractivity contribution < 1.29 is 14.3 Å². The Morgan fingerprint density at radius 3 is 2.68 bits per heavy atom. The molecule has 4 aliphatic carbocycles. The van der Waals surface area contributed by atoms with Crippen molar-refractivity contribution in [2.75, 3.05) is 0 Å². The Morgan fingerprint density at radius 2 is 1.96 bits per heavy atom. The summed E-state index contributed by atoms with van der Waals surface area (Å²) < 4.78 is 5.69. The maximum absolute atomic E-state index is 12.1. The highest BCUT2D eigenvalue weighted by molar-refractivity contribution is 5.84. The van der Waals surface area contributed by atoms with Gasteiger partial charge in [0.1, 0.15) is 17.8 Å². The van der Waals surface area contributed by atoms with E-state index in [-0.39, 0.29) is 29.2 Å². The molecule has 0 bridgehead atoms. The topological polar surface area (TPSA) is 67.2 Å². The summed E-state index contributed by atoms with van der Waals surface area (Å²) in [6, 6.07) is 2.26. The zero-order valence-electron chi connectivity index (χ0n) is 15.4. The number of esters is 1. The van der Waals surface area contributed by atoms with Crippen LogP contribution in [0.15, 0.2) is 0 Å². The second kappa shape index (κ2) is 6.11. The summed E-state index contributed by atoms with van der Waals surface area (Å²) in [5.41, 5.74) is 0.124. The first-order valence-electron chi connectivity index (χ1n) is 10.0. The molecule has 0 N–H and O–H groups in total. The van der Waals surface area contributed by atoms with E-state index in [1.165, 1.54) is 19.8 Å². The van der Waals surface area contributed by atoms with Gasteiger partial charge in [-0.1, -0.05) is 6.92 Å². The summed E-state index contributed by atoms with van der Waals surface area (Å²) in [5, 5.41) is 9.34. The van der Waals surface area contributed by atoms with Crippen LogP contribution >= 0.6 is 0 Å². The van der Waals surface area contributed by atoms with E-state index in [1.807, 2.05) is 0 Å². The third-order valence-electron chi connectivity index (χ3n) is 8.26. The fraction of sp³-hybridized carbons (Fsp3) is 0.857. The predicted molar refractivity (Wildman–Crippen MR) is 92.2 cm³/mol. The Morgan fingerprint density at radius 1 is 1.16 bits per heavy atom. The summed E-state index contributed by atoms with van der Waals surface area (Å²) >= 11 is 0. The lowest BCUT2D eigenvalue weighted by molar-refractivity contribution is -0.157. The number of ketones is 1. The molecule has 0 aromatic rings. The molecule has 0 aromatic carbocycles. The largest absolute Gasteiger partial charge is 0.462 e. The van der Waals surface area contributed by atoms with Gasteiger partial charge in [-0.2, -0.15) is 5.26 Å². The van der Waals surface area contributed by atoms with Crippen molar-refractivity contribution in [1.82, 2.24) is 0 Å². The molecule has 8 atom stereocenters. The number of rotatable bonds is 1. The van der Waals surface area contributed by atoms with Crippen molar-refractivity contribution in [3.05, 3.63) is 0 Å². The third-order valence-corrected chi connectivity index (χ3v) is 8.26. The molecule has 4 fully saturated rings. The maximum Gasteiger partial charge on any atom is 0.302 e. The van der Waals surface area contributed by atoms with Gasteiger partial charge in [-0.05, 0) is 74.5 Å². The van der Waals surface area contributed by atoms with Gasteiger partial charge in [-0.3, -0.25) is 9.59 Å². The van der Waals surface area contributed by atoms with Gasteiger partial charge in [-0.15, -0.1) is 0 Å². The number of nitriles is 1. The SMILES string of the molecule is CC(=O)O[C@H]1CC[C@H]2[C@@H]3CC[C@H]4CC(=O)[C@H](C#N)C[C@@H]4[C@H]3CC[C@]12C. The van der Waals surface area contributed by atoms with Crippen LogP contribution in [0, 0.1) is 52.3 Å². The Labute approximate surface area is 150 Å². The highest BCUT2D eigenvalue weighted by Gasteiger charge is 2.58. The molecular weight excluding hydrogens is 314 g/mol. The first-order chi connectivity index (χ1) is 11.9. The number of hydrogen-bond donors (Lipinski definition) is 0. The monoisotopic (exact) mass is 343 g/mol. The first-order valence-corrected chi connectivity index (χ1v) is 10.0. The van der Waals surface area contributed by atoms with Crippen molar-refractivity contribution in [3.8, 4) is 6.07 Å². The fourth-order valence-electron chi connectivity index (χ4n) is 7.13. The molecule has 0 aromatic heterocycles. The quantitative estimate of drug-likeness (QED) is 0.677. The molecule has 0 radical (unpaired) electrons. The molecule has 136 valence electrons. The Kier molecular flexibility index (Phi) is 4.17. The number of hydrogen-bond acceptors (Lipinski definition) is 4. The highest BCUT2D eigenvalue weighted by Crippen LogP contribution is 2.63. The van der Waals surface area contributed by atoms with Crippen LogP contribution in [0.5, 0.6) is 0 Å². The van der Waals surface area contributed by atoms with Gasteiger partial charge in [0.15, 0.2) is 0 Å². The Balaban J connectivity index is 1.55. The van der Waals surface area contributed by atoms with Crippen LogP contribution in [0.2, 0.25) is 0 Å². The van der Waals surface area contributed by atoms with Crippen LogP contribution in [0.1, 0.15) is 65.2 Å². The van der Waals surface area contributed by atoms with Gasteiger partial charge < -0.3 is 4.74 Å². The molecule has 0 heterocycles. The number of ether oxygens (including phenoxy) is 1. The lowest BCUT2D eigenvalue weighted by atomic mass is 9.50. The van der Waals surface area contributed by atoms with E-state index in [4.69, 9.17) is 4.74 Å². The summed E-state index contributed by atoms with van der Waals surface area (Å²) in [6.07, 6.45) is 8.29. The van der Waals surface area contributed by atoms with Gasteiger partial charge in [0.05, 0.1) is 6.07 Å². The number of carbonyl (C=O) groups excluding carboxylic acids is 2. The maximum atomic E-state index is 12.1. The summed E-state index contributed by atoms with van der Waals surface area (Å²) in [7, 11) is 0. The van der Waals surface area contributed by atoms with Crippen LogP contribution in [0.3, 0.4) is 0 Å².